The van der Waals surface area contributed by atoms with Crippen molar-refractivity contribution in [1.29, 1.82) is 0 Å². The fourth-order valence-electron chi connectivity index (χ4n) is 4.80. The molecule has 0 aliphatic heterocycles. The minimum atomic E-state index is -0.420. The molecule has 0 radical (unpaired) electrons. The molecule has 0 aliphatic carbocycles. The van der Waals surface area contributed by atoms with Crippen molar-refractivity contribution in [2.75, 3.05) is 25.4 Å². The fraction of sp³-hybridized carbons (Fsp3) is 0.139. The van der Waals surface area contributed by atoms with Crippen LogP contribution in [0.1, 0.15) is 11.1 Å². The molecule has 1 N–H and O–H groups in total. The fourth-order valence-corrected chi connectivity index (χ4v) is 9.26. The summed E-state index contributed by atoms with van der Waals surface area (Å²) in [6.07, 6.45) is 4.23. The topological polar surface area (TPSA) is 24.4 Å². The Kier molecular flexibility index (Phi) is 10.8. The highest BCUT2D eigenvalue weighted by Crippen LogP contribution is 2.33. The summed E-state index contributed by atoms with van der Waals surface area (Å²) in [5, 5.41) is 9.41. The lowest BCUT2D eigenvalue weighted by atomic mass is 10.1. The van der Waals surface area contributed by atoms with Crippen LogP contribution in [-0.4, -0.2) is 31.6 Å². The zero-order valence-electron chi connectivity index (χ0n) is 22.8. The van der Waals surface area contributed by atoms with Crippen molar-refractivity contribution in [2.24, 2.45) is 4.99 Å². The second kappa shape index (κ2) is 15.4. The Bertz CT molecular complexity index is 1360. The number of aliphatic imine (C=N–C) groups is 1. The summed E-state index contributed by atoms with van der Waals surface area (Å²) in [4.78, 5) is 4.90. The molecule has 0 saturated heterocycles. The van der Waals surface area contributed by atoms with Crippen molar-refractivity contribution in [1.82, 2.24) is 5.32 Å². The van der Waals surface area contributed by atoms with E-state index in [4.69, 9.17) is 4.99 Å². The van der Waals surface area contributed by atoms with E-state index in [1.54, 1.807) is 0 Å². The lowest BCUT2D eigenvalue weighted by Gasteiger charge is -2.19. The molecule has 0 bridgehead atoms. The Balaban J connectivity index is 1.18. The molecule has 5 aromatic carbocycles. The van der Waals surface area contributed by atoms with Gasteiger partial charge in [0.15, 0.2) is 0 Å². The minimum absolute atomic E-state index is 0.383. The van der Waals surface area contributed by atoms with Gasteiger partial charge in [-0.3, -0.25) is 4.99 Å². The Morgan fingerprint density at radius 2 is 0.925 bits per heavy atom. The minimum Gasteiger partial charge on any atom is -0.312 e. The standard InChI is InChI=1S/C36H36N2P2/c1-5-17-33(18-6-1)39(34-19-7-2-8-20-34)27-25-37-29-31-15-13-14-16-32(31)30-38-26-28-40(35-21-9-3-10-22-35)36-23-11-4-12-24-36/h1-24,29,38H,25-28,30H2. The first-order valence-electron chi connectivity index (χ1n) is 13.9. The highest BCUT2D eigenvalue weighted by Gasteiger charge is 2.14. The first-order valence-corrected chi connectivity index (χ1v) is 17.0. The molecule has 0 saturated carbocycles. The predicted molar refractivity (Wildman–Crippen MR) is 178 cm³/mol. The van der Waals surface area contributed by atoms with E-state index in [0.717, 1.165) is 32.0 Å². The van der Waals surface area contributed by atoms with Gasteiger partial charge in [-0.1, -0.05) is 146 Å². The predicted octanol–water partition coefficient (Wildman–Crippen LogP) is 6.46. The third-order valence-electron chi connectivity index (χ3n) is 6.84. The SMILES string of the molecule is C(=NCCP(c1ccccc1)c1ccccc1)c1ccccc1CNCCP(c1ccccc1)c1ccccc1. The number of nitrogens with zero attached hydrogens (tertiary/aromatic N) is 1. The van der Waals surface area contributed by atoms with Gasteiger partial charge < -0.3 is 5.32 Å². The molecular weight excluding hydrogens is 522 g/mol. The van der Waals surface area contributed by atoms with Gasteiger partial charge in [-0.05, 0) is 67.1 Å². The molecule has 0 aliphatic rings. The molecule has 0 amide bonds. The average Bonchev–Trinajstić information content (AvgIpc) is 3.03. The van der Waals surface area contributed by atoms with Gasteiger partial charge in [0.05, 0.1) is 0 Å². The molecule has 2 nitrogen and oxygen atoms in total. The third-order valence-corrected chi connectivity index (χ3v) is 11.8. The van der Waals surface area contributed by atoms with Crippen molar-refractivity contribution < 1.29 is 0 Å². The lowest BCUT2D eigenvalue weighted by molar-refractivity contribution is 0.730. The quantitative estimate of drug-likeness (QED) is 0.100. The van der Waals surface area contributed by atoms with E-state index in [0.29, 0.717) is 0 Å². The molecule has 4 heteroatoms. The van der Waals surface area contributed by atoms with Crippen LogP contribution in [0.2, 0.25) is 0 Å². The van der Waals surface area contributed by atoms with Gasteiger partial charge in [0, 0.05) is 19.3 Å². The molecule has 0 aromatic heterocycles. The normalized spacial score (nSPS) is 11.4. The lowest BCUT2D eigenvalue weighted by Crippen LogP contribution is -2.23. The molecule has 5 rings (SSSR count). The summed E-state index contributed by atoms with van der Waals surface area (Å²) in [6, 6.07) is 52.3. The molecule has 0 spiro atoms. The summed E-state index contributed by atoms with van der Waals surface area (Å²) >= 11 is 0. The summed E-state index contributed by atoms with van der Waals surface area (Å²) in [5.41, 5.74) is 2.50. The average molecular weight is 559 g/mol. The number of hydrogen-bond acceptors (Lipinski definition) is 2. The second-order valence-electron chi connectivity index (χ2n) is 9.56. The number of hydrogen-bond donors (Lipinski definition) is 1. The van der Waals surface area contributed by atoms with Gasteiger partial charge in [-0.2, -0.15) is 0 Å². The zero-order valence-corrected chi connectivity index (χ0v) is 24.6. The van der Waals surface area contributed by atoms with E-state index >= 15 is 0 Å². The Morgan fingerprint density at radius 3 is 1.43 bits per heavy atom. The molecule has 40 heavy (non-hydrogen) atoms. The van der Waals surface area contributed by atoms with Crippen LogP contribution in [0.15, 0.2) is 151 Å². The van der Waals surface area contributed by atoms with E-state index in [9.17, 15) is 0 Å². The molecule has 0 atom stereocenters. The molecule has 0 fully saturated rings. The van der Waals surface area contributed by atoms with Crippen molar-refractivity contribution in [3.05, 3.63) is 157 Å². The molecule has 0 heterocycles. The van der Waals surface area contributed by atoms with Crippen molar-refractivity contribution in [3.8, 4) is 0 Å². The van der Waals surface area contributed by atoms with Gasteiger partial charge in [0.25, 0.3) is 0 Å². The van der Waals surface area contributed by atoms with Crippen molar-refractivity contribution >= 4 is 43.3 Å². The van der Waals surface area contributed by atoms with Crippen LogP contribution in [0.5, 0.6) is 0 Å². The summed E-state index contributed by atoms with van der Waals surface area (Å²) in [7, 11) is -0.803. The van der Waals surface area contributed by atoms with E-state index < -0.39 is 7.92 Å². The van der Waals surface area contributed by atoms with Gasteiger partial charge >= 0.3 is 0 Å². The Labute approximate surface area is 241 Å². The van der Waals surface area contributed by atoms with E-state index in [1.807, 2.05) is 0 Å². The maximum absolute atomic E-state index is 4.90. The third kappa shape index (κ3) is 8.06. The smallest absolute Gasteiger partial charge is 0.0434 e. The van der Waals surface area contributed by atoms with Crippen LogP contribution in [0.4, 0.5) is 0 Å². The van der Waals surface area contributed by atoms with Gasteiger partial charge in [-0.25, -0.2) is 0 Å². The van der Waals surface area contributed by atoms with Crippen LogP contribution in [0.25, 0.3) is 0 Å². The Morgan fingerprint density at radius 1 is 0.500 bits per heavy atom. The maximum atomic E-state index is 4.90. The highest BCUT2D eigenvalue weighted by molar-refractivity contribution is 7.73. The zero-order chi connectivity index (χ0) is 27.2. The first kappa shape index (κ1) is 28.1. The van der Waals surface area contributed by atoms with Gasteiger partial charge in [0.2, 0.25) is 0 Å². The molecule has 5 aromatic rings. The van der Waals surface area contributed by atoms with Crippen molar-refractivity contribution in [2.45, 2.75) is 6.54 Å². The number of nitrogens with one attached hydrogen (secondary N) is 1. The Hall–Kier alpha value is -3.41. The van der Waals surface area contributed by atoms with E-state index in [1.165, 1.54) is 32.3 Å². The molecule has 0 unspecified atom stereocenters. The molecule has 200 valence electrons. The molecular formula is C36H36N2P2. The highest BCUT2D eigenvalue weighted by atomic mass is 31.1. The van der Waals surface area contributed by atoms with Crippen LogP contribution in [0.3, 0.4) is 0 Å². The van der Waals surface area contributed by atoms with Crippen LogP contribution >= 0.6 is 15.8 Å². The summed E-state index contributed by atoms with van der Waals surface area (Å²) < 4.78 is 0. The summed E-state index contributed by atoms with van der Waals surface area (Å²) in [6.45, 7) is 2.63. The first-order chi connectivity index (χ1) is 19.9. The number of rotatable bonds is 13. The monoisotopic (exact) mass is 558 g/mol. The van der Waals surface area contributed by atoms with E-state index in [-0.39, 0.29) is 7.92 Å². The van der Waals surface area contributed by atoms with Gasteiger partial charge in [-0.15, -0.1) is 0 Å². The van der Waals surface area contributed by atoms with Crippen LogP contribution in [-0.2, 0) is 6.54 Å². The van der Waals surface area contributed by atoms with Crippen LogP contribution < -0.4 is 26.5 Å². The largest absolute Gasteiger partial charge is 0.312 e. The summed E-state index contributed by atoms with van der Waals surface area (Å²) in [5.74, 6) is 0. The maximum Gasteiger partial charge on any atom is 0.0434 e. The van der Waals surface area contributed by atoms with Gasteiger partial charge in [0.1, 0.15) is 0 Å². The van der Waals surface area contributed by atoms with Crippen molar-refractivity contribution in [3.63, 3.8) is 0 Å². The van der Waals surface area contributed by atoms with E-state index in [2.05, 4.69) is 157 Å². The second-order valence-corrected chi connectivity index (χ2v) is 14.2. The van der Waals surface area contributed by atoms with Crippen LogP contribution in [0, 0.1) is 0 Å². The number of benzene rings is 5.